The van der Waals surface area contributed by atoms with E-state index < -0.39 is 0 Å². The van der Waals surface area contributed by atoms with Crippen molar-refractivity contribution in [2.24, 2.45) is 0 Å². The van der Waals surface area contributed by atoms with Gasteiger partial charge in [0.05, 0.1) is 11.3 Å². The van der Waals surface area contributed by atoms with Crippen LogP contribution in [0.2, 0.25) is 0 Å². The van der Waals surface area contributed by atoms with Gasteiger partial charge in [-0.3, -0.25) is 4.79 Å². The number of benzene rings is 2. The predicted octanol–water partition coefficient (Wildman–Crippen LogP) is 4.07. The zero-order valence-corrected chi connectivity index (χ0v) is 14.5. The molecule has 0 aliphatic rings. The molecule has 2 aromatic carbocycles. The Morgan fingerprint density at radius 2 is 1.92 bits per heavy atom. The molecule has 0 radical (unpaired) electrons. The molecule has 4 heteroatoms. The zero-order chi connectivity index (χ0) is 17.8. The number of nitrogens with zero attached hydrogens (tertiary/aromatic N) is 2. The molecule has 3 rings (SSSR count). The minimum atomic E-state index is -0.157. The molecule has 0 spiro atoms. The van der Waals surface area contributed by atoms with E-state index >= 15 is 0 Å². The van der Waals surface area contributed by atoms with Crippen molar-refractivity contribution >= 4 is 5.91 Å². The monoisotopic (exact) mass is 331 g/mol. The normalized spacial score (nSPS) is 10.5. The number of rotatable bonds is 5. The zero-order valence-electron chi connectivity index (χ0n) is 14.5. The van der Waals surface area contributed by atoms with Gasteiger partial charge in [-0.1, -0.05) is 36.4 Å². The summed E-state index contributed by atoms with van der Waals surface area (Å²) in [5, 5.41) is 7.52. The van der Waals surface area contributed by atoms with E-state index in [1.54, 1.807) is 17.0 Å². The molecule has 0 fully saturated rings. The smallest absolute Gasteiger partial charge is 0.255 e. The molecular weight excluding hydrogens is 310 g/mol. The fraction of sp³-hybridized carbons (Fsp3) is 0.143. The van der Waals surface area contributed by atoms with Crippen LogP contribution in [0.5, 0.6) is 0 Å². The maximum Gasteiger partial charge on any atom is 0.255 e. The van der Waals surface area contributed by atoms with Crippen molar-refractivity contribution in [1.29, 1.82) is 0 Å². The molecule has 0 aliphatic heterocycles. The van der Waals surface area contributed by atoms with Gasteiger partial charge in [-0.2, -0.15) is 5.10 Å². The molecule has 1 N–H and O–H groups in total. The SMILES string of the molecule is C=CCNC(=O)c1cn(-c2ccccc2)nc1-c1ccc(C)c(C)c1. The molecule has 1 aromatic heterocycles. The molecule has 0 atom stereocenters. The Bertz CT molecular complexity index is 910. The lowest BCUT2D eigenvalue weighted by atomic mass is 10.0. The predicted molar refractivity (Wildman–Crippen MR) is 101 cm³/mol. The summed E-state index contributed by atoms with van der Waals surface area (Å²) >= 11 is 0. The Labute approximate surface area is 147 Å². The third kappa shape index (κ3) is 3.53. The number of aryl methyl sites for hydroxylation is 2. The van der Waals surface area contributed by atoms with Crippen molar-refractivity contribution in [3.63, 3.8) is 0 Å². The lowest BCUT2D eigenvalue weighted by molar-refractivity contribution is 0.0958. The molecule has 126 valence electrons. The van der Waals surface area contributed by atoms with Gasteiger partial charge >= 0.3 is 0 Å². The van der Waals surface area contributed by atoms with Gasteiger partial charge in [0.25, 0.3) is 5.91 Å². The molecule has 0 saturated carbocycles. The molecule has 25 heavy (non-hydrogen) atoms. The van der Waals surface area contributed by atoms with Gasteiger partial charge in [0.2, 0.25) is 0 Å². The maximum atomic E-state index is 12.6. The van der Waals surface area contributed by atoms with Gasteiger partial charge in [0.1, 0.15) is 5.69 Å². The fourth-order valence-corrected chi connectivity index (χ4v) is 2.62. The van der Waals surface area contributed by atoms with Gasteiger partial charge < -0.3 is 5.32 Å². The number of para-hydroxylation sites is 1. The topological polar surface area (TPSA) is 46.9 Å². The maximum absolute atomic E-state index is 12.6. The van der Waals surface area contributed by atoms with Crippen molar-refractivity contribution < 1.29 is 4.79 Å². The van der Waals surface area contributed by atoms with Crippen molar-refractivity contribution in [1.82, 2.24) is 15.1 Å². The van der Waals surface area contributed by atoms with Crippen LogP contribution in [0, 0.1) is 13.8 Å². The third-order valence-corrected chi connectivity index (χ3v) is 4.17. The highest BCUT2D eigenvalue weighted by molar-refractivity contribution is 6.00. The summed E-state index contributed by atoms with van der Waals surface area (Å²) in [5.74, 6) is -0.157. The number of carbonyl (C=O) groups excluding carboxylic acids is 1. The number of aromatic nitrogens is 2. The summed E-state index contributed by atoms with van der Waals surface area (Å²) in [7, 11) is 0. The highest BCUT2D eigenvalue weighted by Crippen LogP contribution is 2.25. The minimum Gasteiger partial charge on any atom is -0.348 e. The summed E-state index contributed by atoms with van der Waals surface area (Å²) in [4.78, 5) is 12.6. The second-order valence-electron chi connectivity index (χ2n) is 5.97. The molecule has 0 bridgehead atoms. The van der Waals surface area contributed by atoms with E-state index in [1.807, 2.05) is 36.4 Å². The Morgan fingerprint density at radius 3 is 2.60 bits per heavy atom. The van der Waals surface area contributed by atoms with Crippen LogP contribution in [0.1, 0.15) is 21.5 Å². The van der Waals surface area contributed by atoms with E-state index in [9.17, 15) is 4.79 Å². The molecule has 4 nitrogen and oxygen atoms in total. The molecule has 1 heterocycles. The molecular formula is C21H21N3O. The fourth-order valence-electron chi connectivity index (χ4n) is 2.62. The lowest BCUT2D eigenvalue weighted by Crippen LogP contribution is -2.23. The van der Waals surface area contributed by atoms with Gasteiger partial charge in [-0.25, -0.2) is 4.68 Å². The summed E-state index contributed by atoms with van der Waals surface area (Å²) in [6.45, 7) is 8.19. The van der Waals surface area contributed by atoms with E-state index in [0.29, 0.717) is 17.8 Å². The largest absolute Gasteiger partial charge is 0.348 e. The summed E-state index contributed by atoms with van der Waals surface area (Å²) in [6.07, 6.45) is 3.44. The second-order valence-corrected chi connectivity index (χ2v) is 5.97. The molecule has 0 aliphatic carbocycles. The number of hydrogen-bond donors (Lipinski definition) is 1. The average Bonchev–Trinajstić information content (AvgIpc) is 3.08. The van der Waals surface area contributed by atoms with Crippen LogP contribution in [-0.4, -0.2) is 22.2 Å². The van der Waals surface area contributed by atoms with Crippen LogP contribution in [0.15, 0.2) is 67.4 Å². The van der Waals surface area contributed by atoms with Gasteiger partial charge in [0.15, 0.2) is 0 Å². The number of amides is 1. The van der Waals surface area contributed by atoms with Crippen molar-refractivity contribution in [2.75, 3.05) is 6.54 Å². The van der Waals surface area contributed by atoms with Crippen LogP contribution < -0.4 is 5.32 Å². The average molecular weight is 331 g/mol. The van der Waals surface area contributed by atoms with Crippen LogP contribution in [0.3, 0.4) is 0 Å². The Kier molecular flexibility index (Phi) is 4.80. The highest BCUT2D eigenvalue weighted by Gasteiger charge is 2.18. The quantitative estimate of drug-likeness (QED) is 0.716. The summed E-state index contributed by atoms with van der Waals surface area (Å²) < 4.78 is 1.74. The van der Waals surface area contributed by atoms with Crippen LogP contribution in [0.25, 0.3) is 16.9 Å². The van der Waals surface area contributed by atoms with Crippen LogP contribution in [0.4, 0.5) is 0 Å². The van der Waals surface area contributed by atoms with Gasteiger partial charge in [-0.15, -0.1) is 6.58 Å². The van der Waals surface area contributed by atoms with E-state index in [2.05, 4.69) is 43.0 Å². The van der Waals surface area contributed by atoms with Crippen LogP contribution in [-0.2, 0) is 0 Å². The molecule has 3 aromatic rings. The highest BCUT2D eigenvalue weighted by atomic mass is 16.1. The first-order valence-electron chi connectivity index (χ1n) is 8.22. The standard InChI is InChI=1S/C21H21N3O/c1-4-12-22-21(25)19-14-24(18-8-6-5-7-9-18)23-20(19)17-11-10-15(2)16(3)13-17/h4-11,13-14H,1,12H2,2-3H3,(H,22,25). The molecule has 0 unspecified atom stereocenters. The molecule has 0 saturated heterocycles. The van der Waals surface area contributed by atoms with Crippen molar-refractivity contribution in [3.8, 4) is 16.9 Å². The Balaban J connectivity index is 2.10. The third-order valence-electron chi connectivity index (χ3n) is 4.17. The van der Waals surface area contributed by atoms with Gasteiger partial charge in [-0.05, 0) is 43.2 Å². The van der Waals surface area contributed by atoms with E-state index in [-0.39, 0.29) is 5.91 Å². The van der Waals surface area contributed by atoms with E-state index in [0.717, 1.165) is 11.3 Å². The van der Waals surface area contributed by atoms with E-state index in [4.69, 9.17) is 0 Å². The summed E-state index contributed by atoms with van der Waals surface area (Å²) in [6, 6.07) is 15.9. The summed E-state index contributed by atoms with van der Waals surface area (Å²) in [5.41, 5.74) is 5.45. The van der Waals surface area contributed by atoms with Crippen molar-refractivity contribution in [3.05, 3.63) is 84.1 Å². The van der Waals surface area contributed by atoms with Crippen LogP contribution >= 0.6 is 0 Å². The first-order chi connectivity index (χ1) is 12.1. The first kappa shape index (κ1) is 16.7. The van der Waals surface area contributed by atoms with Gasteiger partial charge in [0, 0.05) is 18.3 Å². The van der Waals surface area contributed by atoms with E-state index in [1.165, 1.54) is 11.1 Å². The second kappa shape index (κ2) is 7.18. The number of carbonyl (C=O) groups is 1. The molecule has 1 amide bonds. The number of nitrogens with one attached hydrogen (secondary N) is 1. The Morgan fingerprint density at radius 1 is 1.16 bits per heavy atom. The lowest BCUT2D eigenvalue weighted by Gasteiger charge is -2.06. The minimum absolute atomic E-state index is 0.157. The van der Waals surface area contributed by atoms with Crippen molar-refractivity contribution in [2.45, 2.75) is 13.8 Å². The number of hydrogen-bond acceptors (Lipinski definition) is 2. The Hall–Kier alpha value is -3.14. The first-order valence-corrected chi connectivity index (χ1v) is 8.22.